The van der Waals surface area contributed by atoms with Gasteiger partial charge in [-0.25, -0.2) is 0 Å². The average Bonchev–Trinajstić information content (AvgIpc) is 2.72. The highest BCUT2D eigenvalue weighted by Crippen LogP contribution is 2.27. The van der Waals surface area contributed by atoms with Gasteiger partial charge in [0.05, 0.1) is 4.92 Å². The topological polar surface area (TPSA) is 89.5 Å². The van der Waals surface area contributed by atoms with E-state index in [4.69, 9.17) is 5.73 Å². The number of anilines is 1. The molecule has 1 atom stereocenters. The zero-order valence-electron chi connectivity index (χ0n) is 11.5. The molecule has 0 aliphatic carbocycles. The van der Waals surface area contributed by atoms with Crippen molar-refractivity contribution < 1.29 is 9.72 Å². The summed E-state index contributed by atoms with van der Waals surface area (Å²) in [6, 6.07) is 4.36. The molecule has 1 fully saturated rings. The summed E-state index contributed by atoms with van der Waals surface area (Å²) in [7, 11) is 0. The van der Waals surface area contributed by atoms with Crippen molar-refractivity contribution in [3.63, 3.8) is 0 Å². The van der Waals surface area contributed by atoms with E-state index in [9.17, 15) is 14.9 Å². The van der Waals surface area contributed by atoms with Crippen molar-refractivity contribution in [1.82, 2.24) is 4.90 Å². The third-order valence-corrected chi connectivity index (χ3v) is 3.69. The summed E-state index contributed by atoms with van der Waals surface area (Å²) >= 11 is 0. The van der Waals surface area contributed by atoms with Crippen LogP contribution in [0.4, 0.5) is 11.4 Å². The Morgan fingerprint density at radius 1 is 1.50 bits per heavy atom. The lowest BCUT2D eigenvalue weighted by atomic mass is 10.0. The maximum absolute atomic E-state index is 11.9. The lowest BCUT2D eigenvalue weighted by Crippen LogP contribution is -2.25. The van der Waals surface area contributed by atoms with Crippen LogP contribution in [0.1, 0.15) is 31.7 Å². The van der Waals surface area contributed by atoms with Gasteiger partial charge in [-0.2, -0.15) is 0 Å². The van der Waals surface area contributed by atoms with E-state index < -0.39 is 4.92 Å². The third-order valence-electron chi connectivity index (χ3n) is 3.69. The first-order chi connectivity index (χ1) is 9.51. The number of rotatable bonds is 5. The average molecular weight is 277 g/mol. The number of non-ortho nitro benzene ring substituents is 1. The van der Waals surface area contributed by atoms with Gasteiger partial charge < -0.3 is 10.6 Å². The fraction of sp³-hybridized carbons (Fsp3) is 0.500. The molecule has 20 heavy (non-hydrogen) atoms. The summed E-state index contributed by atoms with van der Waals surface area (Å²) in [6.07, 6.45) is 2.67. The second kappa shape index (κ2) is 5.90. The molecule has 1 aromatic carbocycles. The molecule has 1 aromatic rings. The number of hydrogen-bond acceptors (Lipinski definition) is 4. The highest BCUT2D eigenvalue weighted by molar-refractivity contribution is 5.78. The van der Waals surface area contributed by atoms with Crippen LogP contribution >= 0.6 is 0 Å². The zero-order valence-corrected chi connectivity index (χ0v) is 11.5. The largest absolute Gasteiger partial charge is 0.398 e. The van der Waals surface area contributed by atoms with E-state index in [1.54, 1.807) is 4.90 Å². The van der Waals surface area contributed by atoms with Crippen LogP contribution in [0.3, 0.4) is 0 Å². The molecule has 1 unspecified atom stereocenters. The van der Waals surface area contributed by atoms with E-state index in [0.717, 1.165) is 19.4 Å². The second-order valence-corrected chi connectivity index (χ2v) is 5.27. The highest BCUT2D eigenvalue weighted by atomic mass is 16.6. The Hall–Kier alpha value is -2.11. The standard InChI is InChI=1S/C14H19N3O3/c1-2-3-10-6-14(18)16(8-10)9-11-7-12(17(19)20)4-5-13(11)15/h4-5,7,10H,2-3,6,8-9,15H2,1H3. The quantitative estimate of drug-likeness (QED) is 0.508. The predicted molar refractivity (Wildman–Crippen MR) is 75.9 cm³/mol. The van der Waals surface area contributed by atoms with Crippen LogP contribution < -0.4 is 5.73 Å². The maximum atomic E-state index is 11.9. The number of benzene rings is 1. The van der Waals surface area contributed by atoms with Crippen molar-refractivity contribution >= 4 is 17.3 Å². The minimum Gasteiger partial charge on any atom is -0.398 e. The fourth-order valence-corrected chi connectivity index (χ4v) is 2.66. The first-order valence-electron chi connectivity index (χ1n) is 6.81. The number of likely N-dealkylation sites (tertiary alicyclic amines) is 1. The van der Waals surface area contributed by atoms with Crippen LogP contribution in [0.5, 0.6) is 0 Å². The van der Waals surface area contributed by atoms with Crippen LogP contribution in [-0.4, -0.2) is 22.3 Å². The van der Waals surface area contributed by atoms with Gasteiger partial charge in [-0.3, -0.25) is 14.9 Å². The monoisotopic (exact) mass is 277 g/mol. The number of carbonyl (C=O) groups is 1. The van der Waals surface area contributed by atoms with Gasteiger partial charge in [-0.05, 0) is 18.4 Å². The Balaban J connectivity index is 2.12. The molecule has 1 heterocycles. The van der Waals surface area contributed by atoms with Crippen molar-refractivity contribution in [3.8, 4) is 0 Å². The Morgan fingerprint density at radius 3 is 2.90 bits per heavy atom. The molecule has 1 saturated heterocycles. The lowest BCUT2D eigenvalue weighted by molar-refractivity contribution is -0.384. The number of carbonyl (C=O) groups excluding carboxylic acids is 1. The first-order valence-corrected chi connectivity index (χ1v) is 6.81. The molecule has 0 bridgehead atoms. The van der Waals surface area contributed by atoms with Crippen molar-refractivity contribution in [2.45, 2.75) is 32.7 Å². The molecule has 1 amide bonds. The number of nitrogen functional groups attached to an aromatic ring is 1. The maximum Gasteiger partial charge on any atom is 0.269 e. The highest BCUT2D eigenvalue weighted by Gasteiger charge is 2.29. The second-order valence-electron chi connectivity index (χ2n) is 5.27. The van der Waals surface area contributed by atoms with Crippen LogP contribution in [0.2, 0.25) is 0 Å². The van der Waals surface area contributed by atoms with Gasteiger partial charge in [0.2, 0.25) is 5.91 Å². The van der Waals surface area contributed by atoms with Crippen molar-refractivity contribution in [3.05, 3.63) is 33.9 Å². The molecule has 2 N–H and O–H groups in total. The van der Waals surface area contributed by atoms with E-state index >= 15 is 0 Å². The molecule has 6 nitrogen and oxygen atoms in total. The molecule has 6 heteroatoms. The number of nitro benzene ring substituents is 1. The first kappa shape index (κ1) is 14.3. The molecular formula is C14H19N3O3. The summed E-state index contributed by atoms with van der Waals surface area (Å²) in [6.45, 7) is 3.17. The van der Waals surface area contributed by atoms with Gasteiger partial charge in [-0.1, -0.05) is 13.3 Å². The predicted octanol–water partition coefficient (Wildman–Crippen LogP) is 2.33. The number of hydrogen-bond donors (Lipinski definition) is 1. The number of nitrogens with two attached hydrogens (primary N) is 1. The van der Waals surface area contributed by atoms with E-state index in [-0.39, 0.29) is 11.6 Å². The van der Waals surface area contributed by atoms with Crippen LogP contribution in [0, 0.1) is 16.0 Å². The van der Waals surface area contributed by atoms with Crippen LogP contribution in [0.25, 0.3) is 0 Å². The molecule has 0 aromatic heterocycles. The lowest BCUT2D eigenvalue weighted by Gasteiger charge is -2.17. The van der Waals surface area contributed by atoms with Gasteiger partial charge in [0.25, 0.3) is 5.69 Å². The van der Waals surface area contributed by atoms with Gasteiger partial charge >= 0.3 is 0 Å². The SMILES string of the molecule is CCCC1CC(=O)N(Cc2cc([N+](=O)[O-])ccc2N)C1. The molecule has 1 aliphatic heterocycles. The van der Waals surface area contributed by atoms with Gasteiger partial charge in [0.15, 0.2) is 0 Å². The summed E-state index contributed by atoms with van der Waals surface area (Å²) in [5.41, 5.74) is 6.98. The van der Waals surface area contributed by atoms with E-state index in [2.05, 4.69) is 6.92 Å². The van der Waals surface area contributed by atoms with Gasteiger partial charge in [-0.15, -0.1) is 0 Å². The number of nitrogens with zero attached hydrogens (tertiary/aromatic N) is 2. The normalized spacial score (nSPS) is 18.6. The minimum atomic E-state index is -0.450. The molecule has 1 aliphatic rings. The Morgan fingerprint density at radius 2 is 2.25 bits per heavy atom. The van der Waals surface area contributed by atoms with E-state index in [0.29, 0.717) is 30.1 Å². The fourth-order valence-electron chi connectivity index (χ4n) is 2.66. The Labute approximate surface area is 117 Å². The third kappa shape index (κ3) is 3.07. The molecule has 108 valence electrons. The summed E-state index contributed by atoms with van der Waals surface area (Å²) in [4.78, 5) is 24.0. The molecular weight excluding hydrogens is 258 g/mol. The van der Waals surface area contributed by atoms with E-state index in [1.807, 2.05) is 0 Å². The van der Waals surface area contributed by atoms with E-state index in [1.165, 1.54) is 18.2 Å². The molecule has 0 spiro atoms. The van der Waals surface area contributed by atoms with Gasteiger partial charge in [0, 0.05) is 42.9 Å². The summed E-state index contributed by atoms with van der Waals surface area (Å²) in [5, 5.41) is 10.8. The van der Waals surface area contributed by atoms with Crippen molar-refractivity contribution in [2.24, 2.45) is 5.92 Å². The summed E-state index contributed by atoms with van der Waals surface area (Å²) in [5.74, 6) is 0.502. The molecule has 0 radical (unpaired) electrons. The van der Waals surface area contributed by atoms with Crippen LogP contribution in [0.15, 0.2) is 18.2 Å². The Kier molecular flexibility index (Phi) is 4.22. The number of amides is 1. The summed E-state index contributed by atoms with van der Waals surface area (Å²) < 4.78 is 0. The number of nitro groups is 1. The smallest absolute Gasteiger partial charge is 0.269 e. The van der Waals surface area contributed by atoms with Crippen molar-refractivity contribution in [2.75, 3.05) is 12.3 Å². The molecule has 2 rings (SSSR count). The zero-order chi connectivity index (χ0) is 14.7. The van der Waals surface area contributed by atoms with Crippen LogP contribution in [-0.2, 0) is 11.3 Å². The van der Waals surface area contributed by atoms with Crippen molar-refractivity contribution in [1.29, 1.82) is 0 Å². The minimum absolute atomic E-state index is 0.00551. The molecule has 0 saturated carbocycles. The Bertz CT molecular complexity index is 530. The van der Waals surface area contributed by atoms with Gasteiger partial charge in [0.1, 0.15) is 0 Å².